The van der Waals surface area contributed by atoms with Gasteiger partial charge < -0.3 is 19.1 Å². The number of carbonyl (C=O) groups is 1. The highest BCUT2D eigenvalue weighted by Gasteiger charge is 2.56. The topological polar surface area (TPSA) is 146 Å². The lowest BCUT2D eigenvalue weighted by Crippen LogP contribution is -2.41. The van der Waals surface area contributed by atoms with Gasteiger partial charge in [-0.3, -0.25) is 9.32 Å². The quantitative estimate of drug-likeness (QED) is 0.269. The molecule has 3 aromatic rings. The highest BCUT2D eigenvalue weighted by atomic mass is 31.2. The molecule has 0 bridgehead atoms. The number of hydrogen-bond donors (Lipinski definition) is 2. The van der Waals surface area contributed by atoms with E-state index >= 15 is 4.39 Å². The molecular weight excluding hydrogens is 544 g/mol. The SMILES string of the molecule is Cc1ncnn2c([C@@H]3O[C@H](COP(=O)(N[C@@H](C)C(=O)OC4CCCC4)Oc4ccccc4)[C@@H](O)[C@@]3(C)F)cnc12. The molecule has 1 unspecified atom stereocenters. The molecule has 1 saturated heterocycles. The smallest absolute Gasteiger partial charge is 0.459 e. The second-order valence-electron chi connectivity index (χ2n) is 10.3. The molecular formula is C26H33FN5O7P. The summed E-state index contributed by atoms with van der Waals surface area (Å²) >= 11 is 0. The van der Waals surface area contributed by atoms with E-state index in [4.69, 9.17) is 18.5 Å². The summed E-state index contributed by atoms with van der Waals surface area (Å²) in [6.45, 7) is 3.93. The maximum atomic E-state index is 15.9. The van der Waals surface area contributed by atoms with Crippen LogP contribution in [0.4, 0.5) is 4.39 Å². The predicted octanol–water partition coefficient (Wildman–Crippen LogP) is 3.63. The number of para-hydroxylation sites is 1. The molecule has 5 rings (SSSR count). The molecule has 14 heteroatoms. The summed E-state index contributed by atoms with van der Waals surface area (Å²) in [5.74, 6) is -0.373. The van der Waals surface area contributed by atoms with Crippen LogP contribution in [0.3, 0.4) is 0 Å². The van der Waals surface area contributed by atoms with Crippen LogP contribution in [0.5, 0.6) is 5.75 Å². The molecule has 1 aromatic carbocycles. The number of esters is 1. The lowest BCUT2D eigenvalue weighted by atomic mass is 9.93. The summed E-state index contributed by atoms with van der Waals surface area (Å²) in [5, 5.41) is 17.6. The fraction of sp³-hybridized carbons (Fsp3) is 0.538. The Labute approximate surface area is 230 Å². The molecule has 2 aromatic heterocycles. The molecule has 2 N–H and O–H groups in total. The second kappa shape index (κ2) is 11.5. The Morgan fingerprint density at radius 1 is 1.30 bits per heavy atom. The summed E-state index contributed by atoms with van der Waals surface area (Å²) in [5.41, 5.74) is -0.976. The number of imidazole rings is 1. The molecule has 2 fully saturated rings. The monoisotopic (exact) mass is 577 g/mol. The molecule has 1 aliphatic heterocycles. The van der Waals surface area contributed by atoms with E-state index in [9.17, 15) is 14.5 Å². The van der Waals surface area contributed by atoms with Crippen molar-refractivity contribution in [3.8, 4) is 5.75 Å². The van der Waals surface area contributed by atoms with Crippen LogP contribution in [0, 0.1) is 6.92 Å². The minimum absolute atomic E-state index is 0.179. The summed E-state index contributed by atoms with van der Waals surface area (Å²) < 4.78 is 53.9. The van der Waals surface area contributed by atoms with Gasteiger partial charge in [0, 0.05) is 0 Å². The molecule has 0 radical (unpaired) electrons. The highest BCUT2D eigenvalue weighted by molar-refractivity contribution is 7.52. The Bertz CT molecular complexity index is 1380. The van der Waals surface area contributed by atoms with Crippen LogP contribution in [-0.4, -0.2) is 67.3 Å². The minimum atomic E-state index is -4.24. The maximum absolute atomic E-state index is 15.9. The Morgan fingerprint density at radius 2 is 2.02 bits per heavy atom. The number of aliphatic hydroxyl groups is 1. The van der Waals surface area contributed by atoms with Gasteiger partial charge in [0.1, 0.15) is 42.5 Å². The zero-order valence-electron chi connectivity index (χ0n) is 22.5. The Balaban J connectivity index is 1.32. The molecule has 216 valence electrons. The van der Waals surface area contributed by atoms with Crippen molar-refractivity contribution >= 4 is 19.4 Å². The summed E-state index contributed by atoms with van der Waals surface area (Å²) in [6, 6.07) is 7.23. The number of aryl methyl sites for hydroxylation is 1. The van der Waals surface area contributed by atoms with E-state index in [1.54, 1.807) is 37.3 Å². The molecule has 0 spiro atoms. The fourth-order valence-corrected chi connectivity index (χ4v) is 6.46. The number of carbonyl (C=O) groups excluding carboxylic acids is 1. The summed E-state index contributed by atoms with van der Waals surface area (Å²) in [4.78, 5) is 21.0. The van der Waals surface area contributed by atoms with Gasteiger partial charge in [0.05, 0.1) is 24.2 Å². The van der Waals surface area contributed by atoms with E-state index in [-0.39, 0.29) is 17.5 Å². The van der Waals surface area contributed by atoms with E-state index < -0.39 is 50.3 Å². The van der Waals surface area contributed by atoms with Crippen LogP contribution in [0.2, 0.25) is 0 Å². The molecule has 3 heterocycles. The molecule has 6 atom stereocenters. The Morgan fingerprint density at radius 3 is 2.75 bits per heavy atom. The molecule has 0 amide bonds. The summed E-state index contributed by atoms with van der Waals surface area (Å²) in [7, 11) is -4.24. The van der Waals surface area contributed by atoms with E-state index in [2.05, 4.69) is 20.2 Å². The number of aliphatic hydroxyl groups excluding tert-OH is 1. The first-order valence-electron chi connectivity index (χ1n) is 13.2. The van der Waals surface area contributed by atoms with Crippen molar-refractivity contribution in [1.82, 2.24) is 24.7 Å². The number of fused-ring (bicyclic) bond motifs is 1. The second-order valence-corrected chi connectivity index (χ2v) is 12.0. The van der Waals surface area contributed by atoms with Gasteiger partial charge in [-0.1, -0.05) is 18.2 Å². The number of hydrogen-bond acceptors (Lipinski definition) is 10. The Hall–Kier alpha value is -2.96. The number of rotatable bonds is 10. The maximum Gasteiger partial charge on any atom is 0.459 e. The number of aromatic nitrogens is 4. The molecule has 1 saturated carbocycles. The number of benzene rings is 1. The number of nitrogens with one attached hydrogen (secondary N) is 1. The third kappa shape index (κ3) is 5.89. The van der Waals surface area contributed by atoms with Crippen LogP contribution in [0.15, 0.2) is 42.9 Å². The zero-order chi connectivity index (χ0) is 28.5. The average molecular weight is 578 g/mol. The first kappa shape index (κ1) is 28.6. The zero-order valence-corrected chi connectivity index (χ0v) is 23.4. The Kier molecular flexibility index (Phi) is 8.21. The van der Waals surface area contributed by atoms with Gasteiger partial charge in [0.2, 0.25) is 0 Å². The normalized spacial score (nSPS) is 27.5. The fourth-order valence-electron chi connectivity index (χ4n) is 4.96. The van der Waals surface area contributed by atoms with Crippen molar-refractivity contribution in [1.29, 1.82) is 0 Å². The molecule has 40 heavy (non-hydrogen) atoms. The van der Waals surface area contributed by atoms with Crippen molar-refractivity contribution in [2.45, 2.75) is 82.6 Å². The highest BCUT2D eigenvalue weighted by Crippen LogP contribution is 2.48. The van der Waals surface area contributed by atoms with Crippen LogP contribution >= 0.6 is 7.75 Å². The van der Waals surface area contributed by atoms with E-state index in [1.165, 1.54) is 30.9 Å². The van der Waals surface area contributed by atoms with Gasteiger partial charge in [0.25, 0.3) is 0 Å². The van der Waals surface area contributed by atoms with Gasteiger partial charge in [-0.2, -0.15) is 10.2 Å². The van der Waals surface area contributed by atoms with Gasteiger partial charge >= 0.3 is 13.7 Å². The van der Waals surface area contributed by atoms with Gasteiger partial charge in [0.15, 0.2) is 11.3 Å². The summed E-state index contributed by atoms with van der Waals surface area (Å²) in [6.07, 6.45) is 1.94. The van der Waals surface area contributed by atoms with Crippen LogP contribution in [-0.2, 0) is 23.4 Å². The first-order valence-corrected chi connectivity index (χ1v) is 14.8. The minimum Gasteiger partial charge on any atom is -0.461 e. The van der Waals surface area contributed by atoms with Gasteiger partial charge in [-0.25, -0.2) is 23.4 Å². The van der Waals surface area contributed by atoms with E-state index in [0.717, 1.165) is 25.7 Å². The van der Waals surface area contributed by atoms with Crippen molar-refractivity contribution in [3.63, 3.8) is 0 Å². The van der Waals surface area contributed by atoms with Crippen molar-refractivity contribution in [3.05, 3.63) is 54.2 Å². The predicted molar refractivity (Wildman–Crippen MR) is 140 cm³/mol. The van der Waals surface area contributed by atoms with Crippen LogP contribution in [0.25, 0.3) is 5.65 Å². The molecule has 2 aliphatic rings. The number of nitrogens with zero attached hydrogens (tertiary/aromatic N) is 4. The van der Waals surface area contributed by atoms with Crippen LogP contribution in [0.1, 0.15) is 57.0 Å². The third-order valence-corrected chi connectivity index (χ3v) is 8.84. The van der Waals surface area contributed by atoms with E-state index in [0.29, 0.717) is 11.3 Å². The third-order valence-electron chi connectivity index (χ3n) is 7.20. The lowest BCUT2D eigenvalue weighted by molar-refractivity contribution is -0.150. The first-order chi connectivity index (χ1) is 19.1. The number of alkyl halides is 1. The van der Waals surface area contributed by atoms with Gasteiger partial charge in [-0.05, 0) is 58.6 Å². The largest absolute Gasteiger partial charge is 0.461 e. The average Bonchev–Trinajstić information content (AvgIpc) is 3.64. The molecule has 1 aliphatic carbocycles. The number of ether oxygens (including phenoxy) is 2. The van der Waals surface area contributed by atoms with E-state index in [1.807, 2.05) is 0 Å². The van der Waals surface area contributed by atoms with Crippen molar-refractivity contribution in [2.24, 2.45) is 0 Å². The lowest BCUT2D eigenvalue weighted by Gasteiger charge is -2.25. The standard InChI is InChI=1S/C26H33FN5O7P/c1-16-24-28-13-20(32(24)30-15-29-16)23-26(3,27)22(33)21(38-23)14-36-40(35,39-19-11-5-4-6-12-19)31-17(2)25(34)37-18-9-7-8-10-18/h4-6,11-13,15,17-18,21-23,33H,7-10,14H2,1-3H3,(H,31,35)/t17-,21+,22+,23-,26+,40?/m0/s1. The van der Waals surface area contributed by atoms with Crippen LogP contribution < -0.4 is 9.61 Å². The van der Waals surface area contributed by atoms with Crippen molar-refractivity contribution in [2.75, 3.05) is 6.61 Å². The number of halogens is 1. The molecule has 12 nitrogen and oxygen atoms in total. The van der Waals surface area contributed by atoms with Gasteiger partial charge in [-0.15, -0.1) is 0 Å². The van der Waals surface area contributed by atoms with Crippen molar-refractivity contribution < 1.29 is 37.4 Å².